The van der Waals surface area contributed by atoms with Gasteiger partial charge in [-0.15, -0.1) is 0 Å². The van der Waals surface area contributed by atoms with E-state index in [1.54, 1.807) is 24.0 Å². The molecule has 0 bridgehead atoms. The number of nitrogen functional groups attached to an aromatic ring is 1. The number of anilines is 1. The minimum absolute atomic E-state index is 0.0456. The normalized spacial score (nSPS) is 11.7. The molecule has 0 aliphatic carbocycles. The van der Waals surface area contributed by atoms with Gasteiger partial charge in [0.1, 0.15) is 5.56 Å². The molecule has 3 aromatic heterocycles. The first-order valence-electron chi connectivity index (χ1n) is 12.8. The van der Waals surface area contributed by atoms with E-state index in [0.29, 0.717) is 33.5 Å². The highest BCUT2D eigenvalue weighted by Gasteiger charge is 2.24. The molecule has 0 saturated heterocycles. The minimum Gasteiger partial charge on any atom is -0.381 e. The number of hydrogen-bond acceptors (Lipinski definition) is 6. The summed E-state index contributed by atoms with van der Waals surface area (Å²) >= 11 is 0. The molecule has 5 rings (SSSR count). The Morgan fingerprint density at radius 2 is 1.93 bits per heavy atom. The maximum absolute atomic E-state index is 14.2. The Balaban J connectivity index is 1.63. The zero-order valence-corrected chi connectivity index (χ0v) is 22.6. The number of fused-ring (bicyclic) bond motifs is 1. The molecule has 41 heavy (non-hydrogen) atoms. The average molecular weight is 542 g/mol. The Morgan fingerprint density at radius 1 is 1.12 bits per heavy atom. The molecule has 202 valence electrons. The van der Waals surface area contributed by atoms with Crippen molar-refractivity contribution in [2.75, 3.05) is 5.73 Å². The Labute approximate surface area is 236 Å². The second kappa shape index (κ2) is 11.6. The van der Waals surface area contributed by atoms with Crippen molar-refractivity contribution < 1.29 is 4.79 Å². The number of benzene rings is 2. The molecule has 1 amide bonds. The largest absolute Gasteiger partial charge is 0.381 e. The summed E-state index contributed by atoms with van der Waals surface area (Å²) in [5.41, 5.74) is 8.53. The summed E-state index contributed by atoms with van der Waals surface area (Å²) in [5, 5.41) is 8.31. The van der Waals surface area contributed by atoms with Crippen molar-refractivity contribution in [3.05, 3.63) is 125 Å². The lowest BCUT2D eigenvalue weighted by Gasteiger charge is -2.21. The molecule has 5 aromatic rings. The lowest BCUT2D eigenvalue weighted by atomic mass is 10.0. The number of aryl methyl sites for hydroxylation is 1. The molecule has 0 aliphatic heterocycles. The van der Waals surface area contributed by atoms with Gasteiger partial charge >= 0.3 is 0 Å². The lowest BCUT2D eigenvalue weighted by molar-refractivity contribution is 0.0940. The summed E-state index contributed by atoms with van der Waals surface area (Å²) in [5.74, 6) is 6.10. The highest BCUT2D eigenvalue weighted by atomic mass is 16.2. The number of nitrogens with two attached hydrogens (primary N) is 1. The Morgan fingerprint density at radius 3 is 2.66 bits per heavy atom. The summed E-state index contributed by atoms with van der Waals surface area (Å²) in [7, 11) is 1.65. The maximum Gasteiger partial charge on any atom is 0.264 e. The zero-order valence-electron chi connectivity index (χ0n) is 22.6. The number of aliphatic imine (C=N–C) groups is 1. The summed E-state index contributed by atoms with van der Waals surface area (Å²) < 4.78 is 3.03. The Hall–Kier alpha value is -5.75. The number of carbonyl (C=O) groups excluding carboxylic acids is 1. The topological polar surface area (TPSA) is 120 Å². The minimum atomic E-state index is -0.597. The number of hydrogen-bond donors (Lipinski definition) is 2. The molecule has 0 fully saturated rings. The number of nitrogens with one attached hydrogen (secondary N) is 1. The van der Waals surface area contributed by atoms with Crippen LogP contribution in [0.25, 0.3) is 16.5 Å². The number of pyridine rings is 2. The van der Waals surface area contributed by atoms with Crippen LogP contribution in [0.2, 0.25) is 0 Å². The second-order valence-corrected chi connectivity index (χ2v) is 9.22. The SMILES string of the molecule is C=C/C=N\c1c(C(=O)NC(C)c2cc3cccc(C#Cc4cccnc4)c3c(=O)n2-c2ccccc2)c(N)nn1C. The first-order valence-corrected chi connectivity index (χ1v) is 12.8. The molecule has 3 N–H and O–H groups in total. The van der Waals surface area contributed by atoms with E-state index in [1.165, 1.54) is 17.0 Å². The molecule has 1 atom stereocenters. The molecule has 0 aliphatic rings. The van der Waals surface area contributed by atoms with Gasteiger partial charge in [-0.3, -0.25) is 19.1 Å². The molecule has 2 aromatic carbocycles. The fourth-order valence-electron chi connectivity index (χ4n) is 4.59. The molecule has 0 spiro atoms. The van der Waals surface area contributed by atoms with Crippen LogP contribution in [0.4, 0.5) is 11.6 Å². The van der Waals surface area contributed by atoms with E-state index in [0.717, 1.165) is 5.56 Å². The Bertz CT molecular complexity index is 1910. The molecular formula is C32H27N7O2. The van der Waals surface area contributed by atoms with Gasteiger partial charge in [0.15, 0.2) is 11.6 Å². The number of allylic oxidation sites excluding steroid dienone is 1. The first kappa shape index (κ1) is 26.8. The van der Waals surface area contributed by atoms with Crippen molar-refractivity contribution in [1.82, 2.24) is 24.6 Å². The molecule has 3 heterocycles. The van der Waals surface area contributed by atoms with Crippen molar-refractivity contribution in [2.24, 2.45) is 12.0 Å². The first-order chi connectivity index (χ1) is 19.9. The molecule has 0 radical (unpaired) electrons. The number of para-hydroxylation sites is 1. The van der Waals surface area contributed by atoms with Crippen LogP contribution < -0.4 is 16.6 Å². The van der Waals surface area contributed by atoms with Gasteiger partial charge in [0.25, 0.3) is 11.5 Å². The van der Waals surface area contributed by atoms with Crippen LogP contribution in [0.1, 0.15) is 40.1 Å². The predicted molar refractivity (Wildman–Crippen MR) is 162 cm³/mol. The van der Waals surface area contributed by atoms with Gasteiger partial charge in [0, 0.05) is 48.2 Å². The smallest absolute Gasteiger partial charge is 0.264 e. The number of carbonyl (C=O) groups is 1. The lowest BCUT2D eigenvalue weighted by Crippen LogP contribution is -2.32. The average Bonchev–Trinajstić information content (AvgIpc) is 3.27. The summed E-state index contributed by atoms with van der Waals surface area (Å²) in [6.07, 6.45) is 6.31. The number of nitrogens with zero attached hydrogens (tertiary/aromatic N) is 5. The fraction of sp³-hybridized carbons (Fsp3) is 0.0938. The van der Waals surface area contributed by atoms with Crippen molar-refractivity contribution in [2.45, 2.75) is 13.0 Å². The molecule has 9 nitrogen and oxygen atoms in total. The third-order valence-electron chi connectivity index (χ3n) is 6.46. The van der Waals surface area contributed by atoms with Gasteiger partial charge < -0.3 is 11.1 Å². The maximum atomic E-state index is 14.2. The van der Waals surface area contributed by atoms with Gasteiger partial charge in [0.2, 0.25) is 0 Å². The van der Waals surface area contributed by atoms with Gasteiger partial charge in [-0.1, -0.05) is 54.8 Å². The van der Waals surface area contributed by atoms with E-state index in [-0.39, 0.29) is 16.9 Å². The number of rotatable bonds is 6. The monoisotopic (exact) mass is 541 g/mol. The Kier molecular flexibility index (Phi) is 7.56. The molecular weight excluding hydrogens is 514 g/mol. The van der Waals surface area contributed by atoms with Crippen molar-refractivity contribution in [3.63, 3.8) is 0 Å². The zero-order chi connectivity index (χ0) is 28.9. The van der Waals surface area contributed by atoms with Crippen LogP contribution in [0.5, 0.6) is 0 Å². The fourth-order valence-corrected chi connectivity index (χ4v) is 4.59. The third-order valence-corrected chi connectivity index (χ3v) is 6.46. The number of aromatic nitrogens is 4. The highest BCUT2D eigenvalue weighted by molar-refractivity contribution is 6.03. The van der Waals surface area contributed by atoms with E-state index in [2.05, 4.69) is 38.8 Å². The summed E-state index contributed by atoms with van der Waals surface area (Å²) in [4.78, 5) is 36.0. The van der Waals surface area contributed by atoms with E-state index in [9.17, 15) is 9.59 Å². The second-order valence-electron chi connectivity index (χ2n) is 9.22. The van der Waals surface area contributed by atoms with Crippen molar-refractivity contribution in [1.29, 1.82) is 0 Å². The summed E-state index contributed by atoms with van der Waals surface area (Å²) in [6.45, 7) is 5.43. The van der Waals surface area contributed by atoms with E-state index in [4.69, 9.17) is 5.73 Å². The van der Waals surface area contributed by atoms with E-state index in [1.807, 2.05) is 73.7 Å². The molecule has 9 heteroatoms. The van der Waals surface area contributed by atoms with E-state index >= 15 is 0 Å². The highest BCUT2D eigenvalue weighted by Crippen LogP contribution is 2.27. The molecule has 0 saturated carbocycles. The van der Waals surface area contributed by atoms with E-state index < -0.39 is 11.9 Å². The van der Waals surface area contributed by atoms with Crippen LogP contribution in [-0.2, 0) is 7.05 Å². The predicted octanol–water partition coefficient (Wildman–Crippen LogP) is 4.48. The van der Waals surface area contributed by atoms with Gasteiger partial charge in [-0.2, -0.15) is 5.10 Å². The summed E-state index contributed by atoms with van der Waals surface area (Å²) in [6, 6.07) is 19.8. The quantitative estimate of drug-likeness (QED) is 0.243. The third kappa shape index (κ3) is 5.40. The van der Waals surface area contributed by atoms with Crippen LogP contribution >= 0.6 is 0 Å². The van der Waals surface area contributed by atoms with Crippen LogP contribution in [0.3, 0.4) is 0 Å². The van der Waals surface area contributed by atoms with Crippen LogP contribution in [-0.4, -0.2) is 31.5 Å². The van der Waals surface area contributed by atoms with Crippen molar-refractivity contribution >= 4 is 34.5 Å². The van der Waals surface area contributed by atoms with Crippen LogP contribution in [0.15, 0.2) is 102 Å². The standard InChI is InChI=1S/C32H27N7O2/c1-4-17-35-30-28(29(33)37-38(30)3)31(40)36-21(2)26-19-24-12-8-11-23(16-15-22-10-9-18-34-20-22)27(24)32(41)39(26)25-13-6-5-7-14-25/h4-14,17-21H,1H2,2-3H3,(H2,33,37)(H,36,40)/b35-17-. The van der Waals surface area contributed by atoms with Crippen LogP contribution in [0, 0.1) is 11.8 Å². The molecule has 1 unspecified atom stereocenters. The van der Waals surface area contributed by atoms with Gasteiger partial charge in [0.05, 0.1) is 11.4 Å². The van der Waals surface area contributed by atoms with Crippen molar-refractivity contribution in [3.8, 4) is 17.5 Å². The number of amides is 1. The van der Waals surface area contributed by atoms with Gasteiger partial charge in [-0.25, -0.2) is 9.67 Å². The van der Waals surface area contributed by atoms with Gasteiger partial charge in [-0.05, 0) is 48.7 Å².